The third-order valence-electron chi connectivity index (χ3n) is 5.06. The number of hydrogen-bond donors (Lipinski definition) is 1. The van der Waals surface area contributed by atoms with Gasteiger partial charge in [0.05, 0.1) is 0 Å². The van der Waals surface area contributed by atoms with Gasteiger partial charge >= 0.3 is 0 Å². The van der Waals surface area contributed by atoms with E-state index in [0.29, 0.717) is 30.0 Å². The SMILES string of the molecule is CC(C(=O)N(C)C1CC2CCC(C1)N2)C1CC1.Cl. The van der Waals surface area contributed by atoms with Gasteiger partial charge in [-0.1, -0.05) is 6.92 Å². The van der Waals surface area contributed by atoms with E-state index < -0.39 is 0 Å². The molecule has 0 aromatic heterocycles. The first kappa shape index (κ1) is 14.1. The van der Waals surface area contributed by atoms with Crippen LogP contribution in [0.25, 0.3) is 0 Å². The summed E-state index contributed by atoms with van der Waals surface area (Å²) in [4.78, 5) is 14.4. The normalized spacial score (nSPS) is 35.8. The third kappa shape index (κ3) is 2.67. The number of nitrogens with zero attached hydrogens (tertiary/aromatic N) is 1. The van der Waals surface area contributed by atoms with Gasteiger partial charge < -0.3 is 10.2 Å². The zero-order chi connectivity index (χ0) is 12.0. The van der Waals surface area contributed by atoms with Crippen LogP contribution in [0.15, 0.2) is 0 Å². The summed E-state index contributed by atoms with van der Waals surface area (Å²) in [6.45, 7) is 2.12. The van der Waals surface area contributed by atoms with Crippen LogP contribution in [0.2, 0.25) is 0 Å². The summed E-state index contributed by atoms with van der Waals surface area (Å²) in [5.41, 5.74) is 0. The Morgan fingerprint density at radius 2 is 1.72 bits per heavy atom. The maximum absolute atomic E-state index is 12.4. The number of carbonyl (C=O) groups is 1. The zero-order valence-corrected chi connectivity index (χ0v) is 12.2. The predicted octanol–water partition coefficient (Wildman–Crippen LogP) is 2.20. The van der Waals surface area contributed by atoms with Crippen molar-refractivity contribution in [2.75, 3.05) is 7.05 Å². The smallest absolute Gasteiger partial charge is 0.225 e. The molecule has 2 aliphatic heterocycles. The molecular weight excluding hydrogens is 248 g/mol. The molecule has 2 heterocycles. The van der Waals surface area contributed by atoms with Gasteiger partial charge in [0, 0.05) is 31.1 Å². The lowest BCUT2D eigenvalue weighted by molar-refractivity contribution is -0.137. The number of fused-ring (bicyclic) bond motifs is 2. The highest BCUT2D eigenvalue weighted by atomic mass is 35.5. The van der Waals surface area contributed by atoms with Gasteiger partial charge in [-0.2, -0.15) is 0 Å². The molecule has 0 spiro atoms. The molecule has 1 N–H and O–H groups in total. The van der Waals surface area contributed by atoms with Crippen LogP contribution in [0.1, 0.15) is 45.4 Å². The van der Waals surface area contributed by atoms with Gasteiger partial charge in [0.2, 0.25) is 5.91 Å². The van der Waals surface area contributed by atoms with E-state index in [4.69, 9.17) is 0 Å². The molecule has 1 amide bonds. The number of hydrogen-bond acceptors (Lipinski definition) is 2. The highest BCUT2D eigenvalue weighted by Gasteiger charge is 2.39. The fourth-order valence-electron chi connectivity index (χ4n) is 3.64. The molecule has 0 radical (unpaired) electrons. The van der Waals surface area contributed by atoms with Crippen LogP contribution in [0.3, 0.4) is 0 Å². The predicted molar refractivity (Wildman–Crippen MR) is 74.9 cm³/mol. The Morgan fingerprint density at radius 3 is 2.22 bits per heavy atom. The lowest BCUT2D eigenvalue weighted by Gasteiger charge is -2.36. The zero-order valence-electron chi connectivity index (χ0n) is 11.4. The Morgan fingerprint density at radius 1 is 1.17 bits per heavy atom. The third-order valence-corrected chi connectivity index (χ3v) is 5.06. The summed E-state index contributed by atoms with van der Waals surface area (Å²) < 4.78 is 0. The van der Waals surface area contributed by atoms with Crippen LogP contribution in [0.4, 0.5) is 0 Å². The molecule has 2 bridgehead atoms. The Hall–Kier alpha value is -0.280. The van der Waals surface area contributed by atoms with E-state index in [1.807, 2.05) is 7.05 Å². The van der Waals surface area contributed by atoms with Crippen LogP contribution >= 0.6 is 12.4 Å². The second-order valence-corrected chi connectivity index (χ2v) is 6.34. The first-order valence-corrected chi connectivity index (χ1v) is 7.18. The summed E-state index contributed by atoms with van der Waals surface area (Å²) in [6.07, 6.45) is 7.46. The van der Waals surface area contributed by atoms with Crippen molar-refractivity contribution in [3.05, 3.63) is 0 Å². The van der Waals surface area contributed by atoms with Crippen molar-refractivity contribution in [3.8, 4) is 0 Å². The Kier molecular flexibility index (Phi) is 4.22. The summed E-state index contributed by atoms with van der Waals surface area (Å²) >= 11 is 0. The molecule has 0 aromatic rings. The van der Waals surface area contributed by atoms with Crippen molar-refractivity contribution in [2.24, 2.45) is 11.8 Å². The van der Waals surface area contributed by atoms with E-state index in [9.17, 15) is 4.79 Å². The number of halogens is 1. The summed E-state index contributed by atoms with van der Waals surface area (Å²) in [6, 6.07) is 1.83. The first-order valence-electron chi connectivity index (χ1n) is 7.18. The van der Waals surface area contributed by atoms with Crippen LogP contribution in [-0.4, -0.2) is 36.0 Å². The molecule has 18 heavy (non-hydrogen) atoms. The minimum Gasteiger partial charge on any atom is -0.342 e. The van der Waals surface area contributed by atoms with E-state index in [2.05, 4.69) is 17.1 Å². The van der Waals surface area contributed by atoms with Gasteiger partial charge in [-0.3, -0.25) is 4.79 Å². The van der Waals surface area contributed by atoms with E-state index in [1.54, 1.807) is 0 Å². The number of amides is 1. The summed E-state index contributed by atoms with van der Waals surface area (Å²) in [5, 5.41) is 3.64. The highest BCUT2D eigenvalue weighted by molar-refractivity contribution is 5.85. The molecular formula is C14H25ClN2O. The largest absolute Gasteiger partial charge is 0.342 e. The number of piperidine rings is 1. The number of rotatable bonds is 3. The van der Waals surface area contributed by atoms with Gasteiger partial charge in [-0.25, -0.2) is 0 Å². The topological polar surface area (TPSA) is 32.3 Å². The van der Waals surface area contributed by atoms with Gasteiger partial charge in [-0.15, -0.1) is 12.4 Å². The second-order valence-electron chi connectivity index (χ2n) is 6.34. The molecule has 3 aliphatic rings. The lowest BCUT2D eigenvalue weighted by Crippen LogP contribution is -2.50. The maximum atomic E-state index is 12.4. The van der Waals surface area contributed by atoms with Crippen LogP contribution in [0.5, 0.6) is 0 Å². The molecule has 1 aliphatic carbocycles. The lowest BCUT2D eigenvalue weighted by atomic mass is 9.96. The van der Waals surface area contributed by atoms with Gasteiger partial charge in [0.15, 0.2) is 0 Å². The highest BCUT2D eigenvalue weighted by Crippen LogP contribution is 2.38. The second kappa shape index (κ2) is 5.38. The van der Waals surface area contributed by atoms with Crippen molar-refractivity contribution in [2.45, 2.75) is 63.6 Å². The number of nitrogens with one attached hydrogen (secondary N) is 1. The van der Waals surface area contributed by atoms with Crippen molar-refractivity contribution in [3.63, 3.8) is 0 Å². The van der Waals surface area contributed by atoms with Gasteiger partial charge in [-0.05, 0) is 44.4 Å². The molecule has 3 fully saturated rings. The molecule has 3 unspecified atom stereocenters. The number of carbonyl (C=O) groups excluding carboxylic acids is 1. The Bertz CT molecular complexity index is 307. The molecule has 3 rings (SSSR count). The van der Waals surface area contributed by atoms with Crippen molar-refractivity contribution in [1.82, 2.24) is 10.2 Å². The van der Waals surface area contributed by atoms with Crippen molar-refractivity contribution < 1.29 is 4.79 Å². The molecule has 0 aromatic carbocycles. The Labute approximate surface area is 116 Å². The van der Waals surface area contributed by atoms with Crippen LogP contribution in [0, 0.1) is 11.8 Å². The molecule has 2 saturated heterocycles. The van der Waals surface area contributed by atoms with Gasteiger partial charge in [0.25, 0.3) is 0 Å². The van der Waals surface area contributed by atoms with E-state index in [-0.39, 0.29) is 18.3 Å². The standard InChI is InChI=1S/C14H24N2O.ClH/c1-9(10-3-4-10)14(17)16(2)13-7-11-5-6-12(8-13)15-11;/h9-13,15H,3-8H2,1-2H3;1H. The van der Waals surface area contributed by atoms with E-state index in [0.717, 1.165) is 12.8 Å². The van der Waals surface area contributed by atoms with E-state index in [1.165, 1.54) is 25.7 Å². The van der Waals surface area contributed by atoms with Crippen LogP contribution in [-0.2, 0) is 4.79 Å². The summed E-state index contributed by atoms with van der Waals surface area (Å²) in [5.74, 6) is 1.33. The average Bonchev–Trinajstić information content (AvgIpc) is 3.13. The quantitative estimate of drug-likeness (QED) is 0.854. The van der Waals surface area contributed by atoms with Crippen molar-refractivity contribution in [1.29, 1.82) is 0 Å². The molecule has 3 nitrogen and oxygen atoms in total. The van der Waals surface area contributed by atoms with Crippen molar-refractivity contribution >= 4 is 18.3 Å². The molecule has 1 saturated carbocycles. The monoisotopic (exact) mass is 272 g/mol. The fraction of sp³-hybridized carbons (Fsp3) is 0.929. The minimum absolute atomic E-state index is 0. The minimum atomic E-state index is 0. The van der Waals surface area contributed by atoms with Gasteiger partial charge in [0.1, 0.15) is 0 Å². The average molecular weight is 273 g/mol. The molecule has 4 heteroatoms. The van der Waals surface area contributed by atoms with Crippen LogP contribution < -0.4 is 5.32 Å². The van der Waals surface area contributed by atoms with E-state index >= 15 is 0 Å². The summed E-state index contributed by atoms with van der Waals surface area (Å²) in [7, 11) is 2.02. The first-order chi connectivity index (χ1) is 8.15. The molecule has 104 valence electrons. The fourth-order valence-corrected chi connectivity index (χ4v) is 3.64. The molecule has 3 atom stereocenters. The maximum Gasteiger partial charge on any atom is 0.225 e. The Balaban J connectivity index is 0.00000120.